The number of anilines is 1. The SMILES string of the molecule is CO/N=C1/C[C@@H](C(=O)NCC(O)COc2ccc(NC(C)=O)cc2)N(C(=O)c2ccc(-c3ccccc3)cc2)C1. The van der Waals surface area contributed by atoms with Crippen molar-refractivity contribution in [2.75, 3.05) is 32.1 Å². The molecule has 40 heavy (non-hydrogen) atoms. The Bertz CT molecular complexity index is 1340. The Kier molecular flexibility index (Phi) is 9.48. The fourth-order valence-corrected chi connectivity index (χ4v) is 4.37. The third-order valence-corrected chi connectivity index (χ3v) is 6.31. The lowest BCUT2D eigenvalue weighted by atomic mass is 10.0. The number of benzene rings is 3. The number of nitrogens with zero attached hydrogens (tertiary/aromatic N) is 2. The van der Waals surface area contributed by atoms with E-state index in [1.54, 1.807) is 36.4 Å². The molecule has 0 bridgehead atoms. The molecule has 0 radical (unpaired) electrons. The van der Waals surface area contributed by atoms with Gasteiger partial charge in [0.15, 0.2) is 0 Å². The molecule has 0 saturated carbocycles. The van der Waals surface area contributed by atoms with Gasteiger partial charge in [0.1, 0.15) is 31.6 Å². The van der Waals surface area contributed by atoms with E-state index in [1.165, 1.54) is 18.9 Å². The average molecular weight is 545 g/mol. The topological polar surface area (TPSA) is 130 Å². The summed E-state index contributed by atoms with van der Waals surface area (Å²) in [4.78, 5) is 44.0. The molecule has 1 saturated heterocycles. The first-order chi connectivity index (χ1) is 19.3. The minimum Gasteiger partial charge on any atom is -0.491 e. The lowest BCUT2D eigenvalue weighted by Gasteiger charge is -2.24. The summed E-state index contributed by atoms with van der Waals surface area (Å²) in [5, 5.41) is 19.7. The second-order valence-electron chi connectivity index (χ2n) is 9.35. The van der Waals surface area contributed by atoms with Crippen LogP contribution < -0.4 is 15.4 Å². The summed E-state index contributed by atoms with van der Waals surface area (Å²) >= 11 is 0. The highest BCUT2D eigenvalue weighted by Crippen LogP contribution is 2.23. The zero-order valence-corrected chi connectivity index (χ0v) is 22.4. The summed E-state index contributed by atoms with van der Waals surface area (Å²) < 4.78 is 5.58. The number of ether oxygens (including phenoxy) is 1. The number of hydrogen-bond donors (Lipinski definition) is 3. The zero-order chi connectivity index (χ0) is 28.5. The van der Waals surface area contributed by atoms with Crippen molar-refractivity contribution in [3.05, 3.63) is 84.4 Å². The van der Waals surface area contributed by atoms with Gasteiger partial charge in [-0.1, -0.05) is 47.6 Å². The van der Waals surface area contributed by atoms with Crippen molar-refractivity contribution < 1.29 is 29.1 Å². The van der Waals surface area contributed by atoms with Gasteiger partial charge in [-0.3, -0.25) is 14.4 Å². The summed E-state index contributed by atoms with van der Waals surface area (Å²) in [6, 6.07) is 23.0. The van der Waals surface area contributed by atoms with E-state index in [-0.39, 0.29) is 37.9 Å². The van der Waals surface area contributed by atoms with Crippen molar-refractivity contribution in [1.29, 1.82) is 0 Å². The van der Waals surface area contributed by atoms with Gasteiger partial charge in [0.05, 0.1) is 12.3 Å². The van der Waals surface area contributed by atoms with Crippen LogP contribution in [-0.4, -0.2) is 72.4 Å². The number of nitrogens with one attached hydrogen (secondary N) is 2. The Morgan fingerprint density at radius 2 is 1.68 bits per heavy atom. The van der Waals surface area contributed by atoms with E-state index in [9.17, 15) is 19.5 Å². The molecule has 2 atom stereocenters. The maximum Gasteiger partial charge on any atom is 0.254 e. The van der Waals surface area contributed by atoms with E-state index in [4.69, 9.17) is 9.57 Å². The van der Waals surface area contributed by atoms with Crippen LogP contribution in [0.25, 0.3) is 11.1 Å². The van der Waals surface area contributed by atoms with Crippen LogP contribution in [0.3, 0.4) is 0 Å². The fraction of sp³-hybridized carbons (Fsp3) is 0.267. The van der Waals surface area contributed by atoms with Gasteiger partial charge in [0.25, 0.3) is 5.91 Å². The summed E-state index contributed by atoms with van der Waals surface area (Å²) in [6.45, 7) is 1.46. The van der Waals surface area contributed by atoms with Crippen LogP contribution in [0.1, 0.15) is 23.7 Å². The van der Waals surface area contributed by atoms with E-state index in [2.05, 4.69) is 15.8 Å². The lowest BCUT2D eigenvalue weighted by Crippen LogP contribution is -2.48. The van der Waals surface area contributed by atoms with E-state index < -0.39 is 18.1 Å². The highest BCUT2D eigenvalue weighted by molar-refractivity contribution is 6.05. The number of oxime groups is 1. The number of likely N-dealkylation sites (tertiary alicyclic amines) is 1. The summed E-state index contributed by atoms with van der Waals surface area (Å²) in [5.41, 5.74) is 3.68. The van der Waals surface area contributed by atoms with Crippen LogP contribution in [0.2, 0.25) is 0 Å². The molecule has 1 heterocycles. The largest absolute Gasteiger partial charge is 0.491 e. The van der Waals surface area contributed by atoms with Crippen molar-refractivity contribution in [1.82, 2.24) is 10.2 Å². The van der Waals surface area contributed by atoms with Gasteiger partial charge >= 0.3 is 0 Å². The zero-order valence-electron chi connectivity index (χ0n) is 22.4. The van der Waals surface area contributed by atoms with Gasteiger partial charge in [-0.05, 0) is 47.5 Å². The molecule has 3 amide bonds. The van der Waals surface area contributed by atoms with Gasteiger partial charge in [-0.25, -0.2) is 0 Å². The predicted molar refractivity (Wildman–Crippen MR) is 151 cm³/mol. The normalized spacial score (nSPS) is 16.3. The van der Waals surface area contributed by atoms with Crippen LogP contribution >= 0.6 is 0 Å². The molecule has 3 aromatic carbocycles. The number of aliphatic hydroxyl groups is 1. The van der Waals surface area contributed by atoms with Crippen LogP contribution in [-0.2, 0) is 14.4 Å². The van der Waals surface area contributed by atoms with Gasteiger partial charge in [-0.2, -0.15) is 0 Å². The smallest absolute Gasteiger partial charge is 0.254 e. The highest BCUT2D eigenvalue weighted by atomic mass is 16.6. The Labute approximate surface area is 232 Å². The summed E-state index contributed by atoms with van der Waals surface area (Å²) in [6.07, 6.45) is -0.761. The molecule has 4 rings (SSSR count). The number of aliphatic hydroxyl groups excluding tert-OH is 1. The van der Waals surface area contributed by atoms with Gasteiger partial charge in [0.2, 0.25) is 11.8 Å². The Balaban J connectivity index is 1.34. The third-order valence-electron chi connectivity index (χ3n) is 6.31. The maximum absolute atomic E-state index is 13.4. The lowest BCUT2D eigenvalue weighted by molar-refractivity contribution is -0.125. The maximum atomic E-state index is 13.4. The molecule has 0 spiro atoms. The molecule has 1 aliphatic heterocycles. The van der Waals surface area contributed by atoms with Gasteiger partial charge in [0, 0.05) is 31.1 Å². The van der Waals surface area contributed by atoms with E-state index in [1.807, 2.05) is 42.5 Å². The number of rotatable bonds is 10. The Hall–Kier alpha value is -4.70. The molecule has 1 unspecified atom stereocenters. The fourth-order valence-electron chi connectivity index (χ4n) is 4.37. The molecule has 3 aromatic rings. The molecular weight excluding hydrogens is 512 g/mol. The van der Waals surface area contributed by atoms with Crippen molar-refractivity contribution in [3.8, 4) is 16.9 Å². The van der Waals surface area contributed by atoms with Gasteiger partial charge < -0.3 is 30.2 Å². The van der Waals surface area contributed by atoms with E-state index in [0.29, 0.717) is 22.7 Å². The number of carbonyl (C=O) groups excluding carboxylic acids is 3. The van der Waals surface area contributed by atoms with E-state index >= 15 is 0 Å². The average Bonchev–Trinajstić information content (AvgIpc) is 3.39. The molecule has 1 aliphatic rings. The molecule has 0 aliphatic carbocycles. The highest BCUT2D eigenvalue weighted by Gasteiger charge is 2.38. The molecule has 10 heteroatoms. The monoisotopic (exact) mass is 544 g/mol. The standard InChI is InChI=1S/C30H32N4O6/c1-20(35)32-24-12-14-27(15-13-24)40-19-26(36)17-31-29(37)28-16-25(33-39-2)18-34(28)30(38)23-10-8-22(9-11-23)21-6-4-3-5-7-21/h3-15,26,28,36H,16-19H2,1-2H3,(H,31,37)(H,32,35)/b33-25-/t26?,28-/m0/s1. The van der Waals surface area contributed by atoms with E-state index in [0.717, 1.165) is 11.1 Å². The minimum atomic E-state index is -0.984. The van der Waals surface area contributed by atoms with Crippen molar-refractivity contribution in [2.45, 2.75) is 25.5 Å². The predicted octanol–water partition coefficient (Wildman–Crippen LogP) is 3.09. The van der Waals surface area contributed by atoms with Crippen molar-refractivity contribution >= 4 is 29.1 Å². The minimum absolute atomic E-state index is 0.0583. The first-order valence-electron chi connectivity index (χ1n) is 12.9. The van der Waals surface area contributed by atoms with Crippen LogP contribution in [0.15, 0.2) is 84.0 Å². The Morgan fingerprint density at radius 3 is 2.33 bits per heavy atom. The second-order valence-corrected chi connectivity index (χ2v) is 9.35. The van der Waals surface area contributed by atoms with Gasteiger partial charge in [-0.15, -0.1) is 0 Å². The third kappa shape index (κ3) is 7.45. The van der Waals surface area contributed by atoms with Crippen molar-refractivity contribution in [3.63, 3.8) is 0 Å². The molecule has 0 aromatic heterocycles. The summed E-state index contributed by atoms with van der Waals surface area (Å²) in [5.74, 6) is -0.378. The number of amides is 3. The van der Waals surface area contributed by atoms with Crippen LogP contribution in [0.4, 0.5) is 5.69 Å². The van der Waals surface area contributed by atoms with Crippen molar-refractivity contribution in [2.24, 2.45) is 5.16 Å². The molecule has 10 nitrogen and oxygen atoms in total. The van der Waals surface area contributed by atoms with Crippen LogP contribution in [0, 0.1) is 0 Å². The first-order valence-corrected chi connectivity index (χ1v) is 12.9. The molecule has 1 fully saturated rings. The molecule has 3 N–H and O–H groups in total. The number of hydrogen-bond acceptors (Lipinski definition) is 7. The summed E-state index contributed by atoms with van der Waals surface area (Å²) in [7, 11) is 1.42. The Morgan fingerprint density at radius 1 is 1.00 bits per heavy atom. The number of carbonyl (C=O) groups is 3. The van der Waals surface area contributed by atoms with Crippen LogP contribution in [0.5, 0.6) is 5.75 Å². The first kappa shape index (κ1) is 28.3. The molecular formula is C30H32N4O6. The molecule has 208 valence electrons. The second kappa shape index (κ2) is 13.4. The quantitative estimate of drug-likeness (QED) is 0.337.